The molecule has 0 unspecified atom stereocenters. The molecule has 150 valence electrons. The molecule has 4 heteroatoms. The number of aliphatic hydroxyl groups is 1. The minimum atomic E-state index is -0.447. The first kappa shape index (κ1) is 20.1. The molecule has 26 heavy (non-hydrogen) atoms. The molecule has 0 radical (unpaired) electrons. The summed E-state index contributed by atoms with van der Waals surface area (Å²) in [5, 5.41) is 15.7. The van der Waals surface area contributed by atoms with Crippen molar-refractivity contribution in [2.45, 2.75) is 83.2 Å². The van der Waals surface area contributed by atoms with E-state index in [0.717, 1.165) is 44.1 Å². The lowest BCUT2D eigenvalue weighted by atomic mass is 9.57. The molecule has 4 atom stereocenters. The van der Waals surface area contributed by atoms with Crippen LogP contribution in [-0.4, -0.2) is 49.1 Å². The fourth-order valence-electron chi connectivity index (χ4n) is 6.08. The van der Waals surface area contributed by atoms with Crippen LogP contribution in [0.25, 0.3) is 0 Å². The van der Waals surface area contributed by atoms with E-state index in [4.69, 9.17) is 4.84 Å². The van der Waals surface area contributed by atoms with Gasteiger partial charge < -0.3 is 14.8 Å². The number of oxime groups is 1. The Morgan fingerprint density at radius 1 is 1.08 bits per heavy atom. The van der Waals surface area contributed by atoms with Gasteiger partial charge in [0.15, 0.2) is 0 Å². The van der Waals surface area contributed by atoms with Crippen molar-refractivity contribution in [3.05, 3.63) is 0 Å². The second-order valence-corrected chi connectivity index (χ2v) is 9.75. The van der Waals surface area contributed by atoms with E-state index in [1.54, 1.807) is 0 Å². The molecule has 0 aromatic carbocycles. The van der Waals surface area contributed by atoms with Crippen LogP contribution in [0, 0.1) is 23.2 Å². The first-order chi connectivity index (χ1) is 12.4. The van der Waals surface area contributed by atoms with Gasteiger partial charge in [-0.1, -0.05) is 44.2 Å². The van der Waals surface area contributed by atoms with Crippen LogP contribution in [0.1, 0.15) is 77.6 Å². The zero-order valence-electron chi connectivity index (χ0n) is 17.3. The Balaban J connectivity index is 1.52. The van der Waals surface area contributed by atoms with Gasteiger partial charge in [-0.3, -0.25) is 0 Å². The molecule has 3 fully saturated rings. The first-order valence-electron chi connectivity index (χ1n) is 11.0. The minimum absolute atomic E-state index is 0.0633. The molecule has 0 saturated heterocycles. The molecule has 4 nitrogen and oxygen atoms in total. The summed E-state index contributed by atoms with van der Waals surface area (Å²) in [6.45, 7) is 3.88. The molecule has 1 N–H and O–H groups in total. The monoisotopic (exact) mass is 364 g/mol. The number of hydrogen-bond donors (Lipinski definition) is 1. The second kappa shape index (κ2) is 8.60. The highest BCUT2D eigenvalue weighted by Gasteiger charge is 2.58. The molecule has 3 rings (SSSR count). The largest absolute Gasteiger partial charge is 0.395 e. The number of rotatable bonds is 7. The Kier molecular flexibility index (Phi) is 6.66. The van der Waals surface area contributed by atoms with Crippen LogP contribution in [-0.2, 0) is 4.84 Å². The average Bonchev–Trinajstić information content (AvgIpc) is 2.89. The number of likely N-dealkylation sites (N-methyl/N-ethyl adjacent to an activating group) is 1. The molecule has 3 saturated carbocycles. The molecule has 3 aliphatic rings. The summed E-state index contributed by atoms with van der Waals surface area (Å²) in [4.78, 5) is 7.46. The zero-order chi connectivity index (χ0) is 18.6. The predicted molar refractivity (Wildman–Crippen MR) is 107 cm³/mol. The van der Waals surface area contributed by atoms with Crippen molar-refractivity contribution in [1.29, 1.82) is 0 Å². The number of fused-ring (bicyclic) bond motifs is 1. The smallest absolute Gasteiger partial charge is 0.129 e. The predicted octanol–water partition coefficient (Wildman–Crippen LogP) is 4.47. The van der Waals surface area contributed by atoms with E-state index in [-0.39, 0.29) is 5.41 Å². The van der Waals surface area contributed by atoms with Gasteiger partial charge in [0.1, 0.15) is 6.61 Å². The average molecular weight is 365 g/mol. The van der Waals surface area contributed by atoms with Crippen LogP contribution in [0.5, 0.6) is 0 Å². The third-order valence-corrected chi connectivity index (χ3v) is 7.99. The first-order valence-corrected chi connectivity index (χ1v) is 11.0. The van der Waals surface area contributed by atoms with E-state index < -0.39 is 5.60 Å². The van der Waals surface area contributed by atoms with Crippen molar-refractivity contribution >= 4 is 6.21 Å². The number of hydrogen-bond acceptors (Lipinski definition) is 4. The Bertz CT molecular complexity index is 475. The van der Waals surface area contributed by atoms with Crippen molar-refractivity contribution in [1.82, 2.24) is 4.90 Å². The van der Waals surface area contributed by atoms with Gasteiger partial charge >= 0.3 is 0 Å². The van der Waals surface area contributed by atoms with Crippen LogP contribution in [0.4, 0.5) is 0 Å². The summed E-state index contributed by atoms with van der Waals surface area (Å²) in [6.07, 6.45) is 15.6. The van der Waals surface area contributed by atoms with Crippen LogP contribution in [0.15, 0.2) is 5.16 Å². The maximum Gasteiger partial charge on any atom is 0.129 e. The number of nitrogens with zero attached hydrogens (tertiary/aromatic N) is 2. The molecule has 0 heterocycles. The normalized spacial score (nSPS) is 38.8. The van der Waals surface area contributed by atoms with E-state index in [1.807, 2.05) is 20.3 Å². The van der Waals surface area contributed by atoms with Crippen molar-refractivity contribution in [3.63, 3.8) is 0 Å². The summed E-state index contributed by atoms with van der Waals surface area (Å²) >= 11 is 0. The van der Waals surface area contributed by atoms with Gasteiger partial charge in [-0.05, 0) is 75.8 Å². The van der Waals surface area contributed by atoms with Crippen molar-refractivity contribution < 1.29 is 9.94 Å². The van der Waals surface area contributed by atoms with Crippen LogP contribution < -0.4 is 0 Å². The molecule has 3 aliphatic carbocycles. The zero-order valence-corrected chi connectivity index (χ0v) is 17.3. The lowest BCUT2D eigenvalue weighted by molar-refractivity contribution is -0.122. The summed E-state index contributed by atoms with van der Waals surface area (Å²) < 4.78 is 0. The lowest BCUT2D eigenvalue weighted by Gasteiger charge is -2.51. The SMILES string of the molecule is CN(C)CCO/N=C/C[C@H]1CC[C@]2(O)C[C@@H](C3CCCCC3)CC[C@]12C. The summed E-state index contributed by atoms with van der Waals surface area (Å²) in [6, 6.07) is 0. The van der Waals surface area contributed by atoms with Crippen molar-refractivity contribution in [3.8, 4) is 0 Å². The molecule has 0 aliphatic heterocycles. The highest BCUT2D eigenvalue weighted by Crippen LogP contribution is 2.61. The van der Waals surface area contributed by atoms with E-state index in [9.17, 15) is 5.11 Å². The lowest BCUT2D eigenvalue weighted by Crippen LogP contribution is -2.50. The Morgan fingerprint density at radius 3 is 2.58 bits per heavy atom. The second-order valence-electron chi connectivity index (χ2n) is 9.75. The van der Waals surface area contributed by atoms with Crippen LogP contribution in [0.2, 0.25) is 0 Å². The third-order valence-electron chi connectivity index (χ3n) is 7.99. The van der Waals surface area contributed by atoms with Gasteiger partial charge in [0.25, 0.3) is 0 Å². The highest BCUT2D eigenvalue weighted by molar-refractivity contribution is 5.57. The summed E-state index contributed by atoms with van der Waals surface area (Å²) in [5.74, 6) is 2.18. The van der Waals surface area contributed by atoms with E-state index >= 15 is 0 Å². The molecule has 0 aromatic heterocycles. The third kappa shape index (κ3) is 4.27. The van der Waals surface area contributed by atoms with Gasteiger partial charge in [0, 0.05) is 12.8 Å². The van der Waals surface area contributed by atoms with E-state index in [0.29, 0.717) is 12.5 Å². The Hall–Kier alpha value is -0.610. The standard InChI is InChI=1S/C22H40N2O2/c1-21-12-9-19(18-7-5-4-6-8-18)17-22(21,25)13-10-20(21)11-14-23-26-16-15-24(2)3/h14,18-20,25H,4-13,15-17H2,1-3H3/b23-14+/t19-,20+,21+,22-/m0/s1. The molecule has 0 bridgehead atoms. The quantitative estimate of drug-likeness (QED) is 0.412. The molecule has 0 amide bonds. The van der Waals surface area contributed by atoms with E-state index in [1.165, 1.54) is 44.9 Å². The van der Waals surface area contributed by atoms with E-state index in [2.05, 4.69) is 17.0 Å². The highest BCUT2D eigenvalue weighted by atomic mass is 16.6. The van der Waals surface area contributed by atoms with Gasteiger partial charge in [-0.25, -0.2) is 0 Å². The summed E-state index contributed by atoms with van der Waals surface area (Å²) in [7, 11) is 4.08. The van der Waals surface area contributed by atoms with Crippen molar-refractivity contribution in [2.24, 2.45) is 28.3 Å². The van der Waals surface area contributed by atoms with Gasteiger partial charge in [-0.15, -0.1) is 0 Å². The van der Waals surface area contributed by atoms with Gasteiger partial charge in [0.05, 0.1) is 5.60 Å². The molecular formula is C22H40N2O2. The fourth-order valence-corrected chi connectivity index (χ4v) is 6.08. The Morgan fingerprint density at radius 2 is 1.85 bits per heavy atom. The topological polar surface area (TPSA) is 45.1 Å². The maximum absolute atomic E-state index is 11.6. The van der Waals surface area contributed by atoms with Crippen LogP contribution >= 0.6 is 0 Å². The molecule has 0 spiro atoms. The maximum atomic E-state index is 11.6. The molecule has 0 aromatic rings. The van der Waals surface area contributed by atoms with Gasteiger partial charge in [-0.2, -0.15) is 0 Å². The molecular weight excluding hydrogens is 324 g/mol. The Labute approximate surface area is 160 Å². The van der Waals surface area contributed by atoms with Crippen LogP contribution in [0.3, 0.4) is 0 Å². The summed E-state index contributed by atoms with van der Waals surface area (Å²) in [5.41, 5.74) is -0.383. The van der Waals surface area contributed by atoms with Crippen molar-refractivity contribution in [2.75, 3.05) is 27.2 Å². The minimum Gasteiger partial charge on any atom is -0.395 e. The van der Waals surface area contributed by atoms with Gasteiger partial charge in [0.2, 0.25) is 0 Å². The fraction of sp³-hybridized carbons (Fsp3) is 0.955.